The SMILES string of the molecule is CC(C)OCC(=O)N1C[C@H](c2ccc(F)cc2)C[C@H]1C. The van der Waals surface area contributed by atoms with Crippen LogP contribution < -0.4 is 0 Å². The molecular weight excluding hydrogens is 257 g/mol. The fourth-order valence-electron chi connectivity index (χ4n) is 2.68. The Hall–Kier alpha value is -1.42. The fraction of sp³-hybridized carbons (Fsp3) is 0.562. The van der Waals surface area contributed by atoms with Gasteiger partial charge in [-0.25, -0.2) is 4.39 Å². The van der Waals surface area contributed by atoms with Crippen LogP contribution >= 0.6 is 0 Å². The van der Waals surface area contributed by atoms with Gasteiger partial charge in [0.25, 0.3) is 0 Å². The lowest BCUT2D eigenvalue weighted by molar-refractivity contribution is -0.138. The average molecular weight is 279 g/mol. The predicted molar refractivity (Wildman–Crippen MR) is 76.0 cm³/mol. The van der Waals surface area contributed by atoms with Gasteiger partial charge < -0.3 is 9.64 Å². The van der Waals surface area contributed by atoms with Gasteiger partial charge in [0.1, 0.15) is 12.4 Å². The summed E-state index contributed by atoms with van der Waals surface area (Å²) in [6.45, 7) is 6.71. The quantitative estimate of drug-likeness (QED) is 0.848. The van der Waals surface area contributed by atoms with Crippen molar-refractivity contribution in [3.05, 3.63) is 35.6 Å². The van der Waals surface area contributed by atoms with Crippen molar-refractivity contribution in [3.8, 4) is 0 Å². The minimum atomic E-state index is -0.224. The molecule has 1 saturated heterocycles. The number of halogens is 1. The van der Waals surface area contributed by atoms with E-state index in [2.05, 4.69) is 6.92 Å². The molecule has 1 heterocycles. The first-order valence-electron chi connectivity index (χ1n) is 7.14. The van der Waals surface area contributed by atoms with Crippen molar-refractivity contribution in [1.29, 1.82) is 0 Å². The van der Waals surface area contributed by atoms with E-state index in [1.165, 1.54) is 12.1 Å². The molecule has 2 rings (SSSR count). The molecule has 0 unspecified atom stereocenters. The zero-order valence-corrected chi connectivity index (χ0v) is 12.3. The predicted octanol–water partition coefficient (Wildman–Crippen LogP) is 2.96. The Balaban J connectivity index is 1.98. The zero-order chi connectivity index (χ0) is 14.7. The van der Waals surface area contributed by atoms with E-state index >= 15 is 0 Å². The number of carbonyl (C=O) groups is 1. The molecular formula is C16H22FNO2. The molecule has 2 atom stereocenters. The molecule has 3 nitrogen and oxygen atoms in total. The summed E-state index contributed by atoms with van der Waals surface area (Å²) < 4.78 is 18.3. The molecule has 1 aromatic carbocycles. The molecule has 1 fully saturated rings. The van der Waals surface area contributed by atoms with Gasteiger partial charge >= 0.3 is 0 Å². The molecule has 1 aromatic rings. The third-order valence-electron chi connectivity index (χ3n) is 3.78. The van der Waals surface area contributed by atoms with E-state index < -0.39 is 0 Å². The first kappa shape index (κ1) is 15.0. The van der Waals surface area contributed by atoms with E-state index in [9.17, 15) is 9.18 Å². The summed E-state index contributed by atoms with van der Waals surface area (Å²) in [5.41, 5.74) is 1.10. The number of likely N-dealkylation sites (tertiary alicyclic amines) is 1. The molecule has 1 aliphatic heterocycles. The average Bonchev–Trinajstić information content (AvgIpc) is 2.79. The third kappa shape index (κ3) is 3.57. The molecule has 0 aliphatic carbocycles. The Morgan fingerprint density at radius 1 is 1.40 bits per heavy atom. The van der Waals surface area contributed by atoms with Crippen molar-refractivity contribution in [3.63, 3.8) is 0 Å². The van der Waals surface area contributed by atoms with Crippen LogP contribution in [0.2, 0.25) is 0 Å². The van der Waals surface area contributed by atoms with Gasteiger partial charge in [-0.15, -0.1) is 0 Å². The molecule has 20 heavy (non-hydrogen) atoms. The summed E-state index contributed by atoms with van der Waals surface area (Å²) in [7, 11) is 0. The second-order valence-electron chi connectivity index (χ2n) is 5.74. The number of ether oxygens (including phenoxy) is 1. The minimum absolute atomic E-state index is 0.0378. The molecule has 1 amide bonds. The molecule has 0 radical (unpaired) electrons. The first-order valence-corrected chi connectivity index (χ1v) is 7.14. The maximum Gasteiger partial charge on any atom is 0.248 e. The smallest absolute Gasteiger partial charge is 0.248 e. The molecule has 0 spiro atoms. The van der Waals surface area contributed by atoms with Crippen LogP contribution in [0, 0.1) is 5.82 Å². The minimum Gasteiger partial charge on any atom is -0.369 e. The highest BCUT2D eigenvalue weighted by molar-refractivity contribution is 5.78. The molecule has 110 valence electrons. The van der Waals surface area contributed by atoms with Crippen molar-refractivity contribution in [2.45, 2.75) is 45.3 Å². The van der Waals surface area contributed by atoms with E-state index in [1.807, 2.05) is 30.9 Å². The van der Waals surface area contributed by atoms with Crippen molar-refractivity contribution in [1.82, 2.24) is 4.90 Å². The molecule has 0 aromatic heterocycles. The highest BCUT2D eigenvalue weighted by Gasteiger charge is 2.33. The number of nitrogens with zero attached hydrogens (tertiary/aromatic N) is 1. The number of benzene rings is 1. The van der Waals surface area contributed by atoms with Crippen LogP contribution in [0.4, 0.5) is 4.39 Å². The number of carbonyl (C=O) groups excluding carboxylic acids is 1. The summed E-state index contributed by atoms with van der Waals surface area (Å²) in [5, 5.41) is 0. The van der Waals surface area contributed by atoms with Crippen LogP contribution in [0.25, 0.3) is 0 Å². The summed E-state index contributed by atoms with van der Waals surface area (Å²) in [6, 6.07) is 6.78. The highest BCUT2D eigenvalue weighted by Crippen LogP contribution is 2.31. The van der Waals surface area contributed by atoms with Crippen LogP contribution in [0.15, 0.2) is 24.3 Å². The largest absolute Gasteiger partial charge is 0.369 e. The van der Waals surface area contributed by atoms with Crippen LogP contribution in [-0.4, -0.2) is 36.1 Å². The topological polar surface area (TPSA) is 29.5 Å². The lowest BCUT2D eigenvalue weighted by Crippen LogP contribution is -2.37. The Kier molecular flexibility index (Phi) is 4.76. The molecule has 0 N–H and O–H groups in total. The number of hydrogen-bond acceptors (Lipinski definition) is 2. The molecule has 1 aliphatic rings. The maximum absolute atomic E-state index is 13.0. The maximum atomic E-state index is 13.0. The van der Waals surface area contributed by atoms with Gasteiger partial charge in [-0.2, -0.15) is 0 Å². The number of amides is 1. The van der Waals surface area contributed by atoms with Gasteiger partial charge in [0.2, 0.25) is 5.91 Å². The van der Waals surface area contributed by atoms with Gasteiger partial charge in [0.05, 0.1) is 6.10 Å². The van der Waals surface area contributed by atoms with E-state index in [0.717, 1.165) is 12.0 Å². The monoisotopic (exact) mass is 279 g/mol. The van der Waals surface area contributed by atoms with Gasteiger partial charge in [-0.1, -0.05) is 12.1 Å². The van der Waals surface area contributed by atoms with E-state index in [0.29, 0.717) is 6.54 Å². The van der Waals surface area contributed by atoms with Gasteiger partial charge in [0, 0.05) is 18.5 Å². The zero-order valence-electron chi connectivity index (χ0n) is 12.3. The van der Waals surface area contributed by atoms with Crippen molar-refractivity contribution >= 4 is 5.91 Å². The second-order valence-corrected chi connectivity index (χ2v) is 5.74. The Morgan fingerprint density at radius 2 is 2.05 bits per heavy atom. The van der Waals surface area contributed by atoms with Crippen LogP contribution in [-0.2, 0) is 9.53 Å². The molecule has 4 heteroatoms. The van der Waals surface area contributed by atoms with E-state index in [1.54, 1.807) is 0 Å². The molecule has 0 saturated carbocycles. The van der Waals surface area contributed by atoms with E-state index in [-0.39, 0.29) is 36.4 Å². The standard InChI is InChI=1S/C16H22FNO2/c1-11(2)20-10-16(19)18-9-14(8-12(18)3)13-4-6-15(17)7-5-13/h4-7,11-12,14H,8-10H2,1-3H3/t12-,14-/m1/s1. The lowest BCUT2D eigenvalue weighted by atomic mass is 9.97. The van der Waals surface area contributed by atoms with Crippen LogP contribution in [0.3, 0.4) is 0 Å². The fourth-order valence-corrected chi connectivity index (χ4v) is 2.68. The summed E-state index contributed by atoms with van der Waals surface area (Å²) in [5.74, 6) is 0.0995. The van der Waals surface area contributed by atoms with Crippen molar-refractivity contribution in [2.75, 3.05) is 13.2 Å². The van der Waals surface area contributed by atoms with Gasteiger partial charge in [0.15, 0.2) is 0 Å². The van der Waals surface area contributed by atoms with Crippen LogP contribution in [0.1, 0.15) is 38.7 Å². The Morgan fingerprint density at radius 3 is 2.65 bits per heavy atom. The molecule has 0 bridgehead atoms. The van der Waals surface area contributed by atoms with Crippen molar-refractivity contribution in [2.24, 2.45) is 0 Å². The van der Waals surface area contributed by atoms with Crippen molar-refractivity contribution < 1.29 is 13.9 Å². The summed E-state index contributed by atoms with van der Waals surface area (Å²) in [6.07, 6.45) is 0.976. The number of hydrogen-bond donors (Lipinski definition) is 0. The van der Waals surface area contributed by atoms with E-state index in [4.69, 9.17) is 4.74 Å². The highest BCUT2D eigenvalue weighted by atomic mass is 19.1. The second kappa shape index (κ2) is 6.35. The summed E-state index contributed by atoms with van der Waals surface area (Å²) in [4.78, 5) is 14.0. The third-order valence-corrected chi connectivity index (χ3v) is 3.78. The lowest BCUT2D eigenvalue weighted by Gasteiger charge is -2.22. The van der Waals surface area contributed by atoms with Gasteiger partial charge in [-0.05, 0) is 44.9 Å². The van der Waals surface area contributed by atoms with Gasteiger partial charge in [-0.3, -0.25) is 4.79 Å². The Labute approximate surface area is 119 Å². The first-order chi connectivity index (χ1) is 9.47. The summed E-state index contributed by atoms with van der Waals surface area (Å²) >= 11 is 0. The Bertz CT molecular complexity index is 458. The van der Waals surface area contributed by atoms with Crippen LogP contribution in [0.5, 0.6) is 0 Å². The normalized spacial score (nSPS) is 22.6. The number of rotatable bonds is 4.